The van der Waals surface area contributed by atoms with Gasteiger partial charge in [0.05, 0.1) is 34.9 Å². The smallest absolute Gasteiger partial charge is 0.269 e. The van der Waals surface area contributed by atoms with Gasteiger partial charge in [0.25, 0.3) is 5.91 Å². The second-order valence-electron chi connectivity index (χ2n) is 10.3. The summed E-state index contributed by atoms with van der Waals surface area (Å²) in [6.45, 7) is 4.22. The molecule has 1 aromatic heterocycles. The number of furan rings is 1. The van der Waals surface area contributed by atoms with Crippen molar-refractivity contribution < 1.29 is 23.5 Å². The summed E-state index contributed by atoms with van der Waals surface area (Å²) < 4.78 is 16.5. The fourth-order valence-electron chi connectivity index (χ4n) is 4.55. The SMILES string of the molecule is CCNc1ccc(NC(=O)COC)cc1/N=C1/S/C(=C2\Sc3ccc(OCCN(C)C)cc3N2C)C(=O)N1Cc1ccco1. The fourth-order valence-corrected chi connectivity index (χ4v) is 6.87. The highest BCUT2D eigenvalue weighted by Crippen LogP contribution is 2.51. The Hall–Kier alpha value is -3.91. The van der Waals surface area contributed by atoms with E-state index in [-0.39, 0.29) is 25.0 Å². The molecule has 0 spiro atoms. The minimum absolute atomic E-state index is 0.0612. The number of carbonyl (C=O) groups is 2. The molecule has 0 bridgehead atoms. The summed E-state index contributed by atoms with van der Waals surface area (Å²) in [5.74, 6) is 0.987. The molecular formula is C31H36N6O5S2. The Morgan fingerprint density at radius 3 is 2.70 bits per heavy atom. The van der Waals surface area contributed by atoms with Gasteiger partial charge in [0.1, 0.15) is 29.6 Å². The third kappa shape index (κ3) is 7.24. The highest BCUT2D eigenvalue weighted by atomic mass is 32.2. The molecule has 0 radical (unpaired) electrons. The number of fused-ring (bicyclic) bond motifs is 1. The minimum Gasteiger partial charge on any atom is -0.492 e. The number of rotatable bonds is 12. The molecule has 0 saturated carbocycles. The Balaban J connectivity index is 1.49. The van der Waals surface area contributed by atoms with E-state index in [0.29, 0.717) is 40.4 Å². The lowest BCUT2D eigenvalue weighted by molar-refractivity contribution is -0.123. The van der Waals surface area contributed by atoms with Crippen LogP contribution in [0.3, 0.4) is 0 Å². The van der Waals surface area contributed by atoms with Crippen LogP contribution in [0.1, 0.15) is 12.7 Å². The second kappa shape index (κ2) is 14.2. The van der Waals surface area contributed by atoms with E-state index in [0.717, 1.165) is 33.6 Å². The summed E-state index contributed by atoms with van der Waals surface area (Å²) in [5, 5.41) is 7.48. The topological polar surface area (TPSA) is 112 Å². The summed E-state index contributed by atoms with van der Waals surface area (Å²) in [5.41, 5.74) is 2.91. The molecule has 1 saturated heterocycles. The molecule has 0 atom stereocenters. The third-order valence-electron chi connectivity index (χ3n) is 6.70. The molecule has 1 fully saturated rings. The lowest BCUT2D eigenvalue weighted by Crippen LogP contribution is -2.29. The van der Waals surface area contributed by atoms with Crippen molar-refractivity contribution >= 4 is 63.3 Å². The number of amides is 2. The number of likely N-dealkylation sites (N-methyl/N-ethyl adjacent to an activating group) is 1. The van der Waals surface area contributed by atoms with Gasteiger partial charge in [-0.05, 0) is 75.2 Å². The van der Waals surface area contributed by atoms with Crippen molar-refractivity contribution in [2.75, 3.05) is 70.1 Å². The Morgan fingerprint density at radius 1 is 1.14 bits per heavy atom. The molecular weight excluding hydrogens is 601 g/mol. The number of methoxy groups -OCH3 is 1. The van der Waals surface area contributed by atoms with Crippen LogP contribution in [0.4, 0.5) is 22.7 Å². The van der Waals surface area contributed by atoms with Crippen molar-refractivity contribution in [2.45, 2.75) is 18.4 Å². The van der Waals surface area contributed by atoms with E-state index in [4.69, 9.17) is 18.9 Å². The number of benzene rings is 2. The number of ether oxygens (including phenoxy) is 2. The van der Waals surface area contributed by atoms with Crippen molar-refractivity contribution in [1.82, 2.24) is 9.80 Å². The van der Waals surface area contributed by atoms with Crippen molar-refractivity contribution in [3.05, 3.63) is 70.5 Å². The van der Waals surface area contributed by atoms with Crippen LogP contribution in [0.15, 0.2) is 79.0 Å². The number of nitrogens with zero attached hydrogens (tertiary/aromatic N) is 4. The van der Waals surface area contributed by atoms with Gasteiger partial charge < -0.3 is 34.3 Å². The Kier molecular flexibility index (Phi) is 10.2. The molecule has 5 rings (SSSR count). The van der Waals surface area contributed by atoms with Gasteiger partial charge >= 0.3 is 0 Å². The van der Waals surface area contributed by atoms with E-state index in [2.05, 4.69) is 15.5 Å². The van der Waals surface area contributed by atoms with E-state index in [9.17, 15) is 9.59 Å². The Morgan fingerprint density at radius 2 is 1.98 bits per heavy atom. The molecule has 2 aliphatic rings. The molecule has 0 unspecified atom stereocenters. The molecule has 3 aromatic rings. The monoisotopic (exact) mass is 636 g/mol. The summed E-state index contributed by atoms with van der Waals surface area (Å²) in [7, 11) is 7.45. The van der Waals surface area contributed by atoms with Crippen LogP contribution < -0.4 is 20.3 Å². The zero-order valence-electron chi connectivity index (χ0n) is 25.4. The van der Waals surface area contributed by atoms with Crippen LogP contribution in [0.5, 0.6) is 5.75 Å². The number of hydrogen-bond donors (Lipinski definition) is 2. The standard InChI is InChI=1S/C31H36N6O5S2/c1-6-32-23-11-9-20(33-27(38)19-40-5)16-24(23)34-31-37(18-22-8-7-14-41-22)29(39)28(44-31)30-36(4)25-17-21(10-12-26(25)43-30)42-15-13-35(2)3/h7-12,14,16-17,32H,6,13,15,18-19H2,1-5H3,(H,33,38)/b30-28-,34-31+. The maximum atomic E-state index is 14.1. The van der Waals surface area contributed by atoms with Crippen molar-refractivity contribution in [2.24, 2.45) is 4.99 Å². The largest absolute Gasteiger partial charge is 0.492 e. The molecule has 3 heterocycles. The fraction of sp³-hybridized carbons (Fsp3) is 0.323. The first-order valence-corrected chi connectivity index (χ1v) is 15.8. The van der Waals surface area contributed by atoms with Gasteiger partial charge in [-0.1, -0.05) is 11.8 Å². The molecule has 0 aliphatic carbocycles. The summed E-state index contributed by atoms with van der Waals surface area (Å²) >= 11 is 2.87. The highest BCUT2D eigenvalue weighted by Gasteiger charge is 2.40. The van der Waals surface area contributed by atoms with E-state index < -0.39 is 0 Å². The third-order valence-corrected chi connectivity index (χ3v) is 9.13. The number of hydrogen-bond acceptors (Lipinski definition) is 11. The lowest BCUT2D eigenvalue weighted by atomic mass is 10.2. The average Bonchev–Trinajstić information content (AvgIpc) is 3.70. The van der Waals surface area contributed by atoms with E-state index >= 15 is 0 Å². The quantitative estimate of drug-likeness (QED) is 0.250. The Bertz CT molecular complexity index is 1570. The van der Waals surface area contributed by atoms with Crippen molar-refractivity contribution in [1.29, 1.82) is 0 Å². The van der Waals surface area contributed by atoms with Gasteiger partial charge in [-0.3, -0.25) is 14.5 Å². The van der Waals surface area contributed by atoms with Gasteiger partial charge in [0, 0.05) is 43.9 Å². The summed E-state index contributed by atoms with van der Waals surface area (Å²) in [4.78, 5) is 38.6. The Labute approximate surface area is 265 Å². The first kappa shape index (κ1) is 31.5. The zero-order valence-corrected chi connectivity index (χ0v) is 27.0. The predicted molar refractivity (Wildman–Crippen MR) is 177 cm³/mol. The second-order valence-corrected chi connectivity index (χ2v) is 12.3. The molecule has 2 amide bonds. The van der Waals surface area contributed by atoms with Crippen molar-refractivity contribution in [3.63, 3.8) is 0 Å². The predicted octanol–water partition coefficient (Wildman–Crippen LogP) is 5.41. The van der Waals surface area contributed by atoms with E-state index in [1.165, 1.54) is 18.9 Å². The molecule has 11 nitrogen and oxygen atoms in total. The summed E-state index contributed by atoms with van der Waals surface area (Å²) in [6.07, 6.45) is 1.59. The maximum Gasteiger partial charge on any atom is 0.269 e. The molecule has 2 N–H and O–H groups in total. The molecule has 2 aromatic carbocycles. The van der Waals surface area contributed by atoms with Crippen LogP contribution in [-0.2, 0) is 20.9 Å². The summed E-state index contributed by atoms with van der Waals surface area (Å²) in [6, 6.07) is 15.1. The highest BCUT2D eigenvalue weighted by molar-refractivity contribution is 8.19. The van der Waals surface area contributed by atoms with Gasteiger partial charge in [-0.2, -0.15) is 0 Å². The van der Waals surface area contributed by atoms with Gasteiger partial charge in [-0.25, -0.2) is 4.99 Å². The zero-order chi connectivity index (χ0) is 31.2. The average molecular weight is 637 g/mol. The van der Waals surface area contributed by atoms with Crippen LogP contribution in [-0.4, -0.2) is 81.3 Å². The normalized spacial score (nSPS) is 17.1. The van der Waals surface area contributed by atoms with Crippen molar-refractivity contribution in [3.8, 4) is 5.75 Å². The van der Waals surface area contributed by atoms with Gasteiger partial charge in [0.2, 0.25) is 5.91 Å². The van der Waals surface area contributed by atoms with Crippen LogP contribution in [0.2, 0.25) is 0 Å². The van der Waals surface area contributed by atoms with Gasteiger partial charge in [0.15, 0.2) is 5.17 Å². The first-order valence-electron chi connectivity index (χ1n) is 14.1. The number of thioether (sulfide) groups is 2. The number of nitrogens with one attached hydrogen (secondary N) is 2. The molecule has 232 valence electrons. The van der Waals surface area contributed by atoms with Crippen LogP contribution >= 0.6 is 23.5 Å². The lowest BCUT2D eigenvalue weighted by Gasteiger charge is -2.17. The number of anilines is 3. The maximum absolute atomic E-state index is 14.1. The molecule has 13 heteroatoms. The number of amidine groups is 1. The van der Waals surface area contributed by atoms with E-state index in [1.54, 1.807) is 41.1 Å². The number of carbonyl (C=O) groups excluding carboxylic acids is 2. The van der Waals surface area contributed by atoms with E-state index in [1.807, 2.05) is 63.3 Å². The van der Waals surface area contributed by atoms with Crippen LogP contribution in [0, 0.1) is 0 Å². The molecule has 44 heavy (non-hydrogen) atoms. The minimum atomic E-state index is -0.272. The van der Waals surface area contributed by atoms with Gasteiger partial charge in [-0.15, -0.1) is 0 Å². The van der Waals surface area contributed by atoms with Crippen LogP contribution in [0.25, 0.3) is 0 Å². The number of aliphatic imine (C=N–C) groups is 1. The first-order chi connectivity index (χ1) is 21.3. The molecule has 2 aliphatic heterocycles.